The summed E-state index contributed by atoms with van der Waals surface area (Å²) in [4.78, 5) is 13.7. The van der Waals surface area contributed by atoms with E-state index in [9.17, 15) is 25.2 Å². The third kappa shape index (κ3) is 4.93. The van der Waals surface area contributed by atoms with Gasteiger partial charge < -0.3 is 20.4 Å². The molecule has 11 unspecified atom stereocenters. The number of hydrogen-bond acceptors (Lipinski definition) is 5. The molecule has 0 amide bonds. The lowest BCUT2D eigenvalue weighted by atomic mass is 9.42. The van der Waals surface area contributed by atoms with Crippen LogP contribution >= 0.6 is 0 Å². The molecule has 4 N–H and O–H groups in total. The molecule has 252 valence electrons. The highest BCUT2D eigenvalue weighted by atomic mass is 16.3. The van der Waals surface area contributed by atoms with E-state index in [2.05, 4.69) is 27.7 Å². The fourth-order valence-corrected chi connectivity index (χ4v) is 13.4. The number of ketones is 1. The first-order valence-corrected chi connectivity index (χ1v) is 19.1. The van der Waals surface area contributed by atoms with Gasteiger partial charge in [0, 0.05) is 11.3 Å². The minimum atomic E-state index is -1.07. The normalized spacial score (nSPS) is 47.8. The SMILES string of the molecule is CC(C)C(CC(O)C1CCCCC2CC3C(=CC(=O)C4CC(O)C(O)CC43C)C3(O)CCC1C23C)=C1CCCC2(CCCC2)C1. The fraction of sp³-hybridized carbons (Fsp3) is 0.875. The number of rotatable bonds is 4. The molecule has 45 heavy (non-hydrogen) atoms. The summed E-state index contributed by atoms with van der Waals surface area (Å²) >= 11 is 0. The van der Waals surface area contributed by atoms with Crippen LogP contribution in [0.5, 0.6) is 0 Å². The highest BCUT2D eigenvalue weighted by molar-refractivity contribution is 5.95. The summed E-state index contributed by atoms with van der Waals surface area (Å²) in [5.41, 5.74) is 2.71. The number of fused-ring (bicyclic) bond motifs is 4. The van der Waals surface area contributed by atoms with Gasteiger partial charge in [-0.2, -0.15) is 0 Å². The van der Waals surface area contributed by atoms with Gasteiger partial charge >= 0.3 is 0 Å². The molecule has 5 heteroatoms. The lowest BCUT2D eigenvalue weighted by Crippen LogP contribution is -2.64. The topological polar surface area (TPSA) is 98.0 Å². The van der Waals surface area contributed by atoms with Crippen molar-refractivity contribution < 1.29 is 25.2 Å². The molecule has 0 aromatic heterocycles. The van der Waals surface area contributed by atoms with Crippen molar-refractivity contribution in [2.45, 2.75) is 167 Å². The molecule has 7 aliphatic rings. The van der Waals surface area contributed by atoms with Crippen LogP contribution in [0.4, 0.5) is 0 Å². The standard InChI is InChI=1S/C40H62O5/c1-24(2)28(25-10-9-16-39(22-25)14-7-8-15-39)19-33(41)27-12-6-5-11-26-18-30-31(40(45)17-13-29(27)38(26,40)4)20-34(42)32-21-35(43)36(44)23-37(30,32)3/h20,24,26-27,29-30,32-33,35-36,41,43-45H,5-19,21-23H2,1-4H3. The van der Waals surface area contributed by atoms with E-state index < -0.39 is 29.3 Å². The lowest BCUT2D eigenvalue weighted by Gasteiger charge is -2.63. The molecule has 11 atom stereocenters. The Labute approximate surface area is 272 Å². The van der Waals surface area contributed by atoms with Crippen LogP contribution in [0.15, 0.2) is 22.8 Å². The maximum absolute atomic E-state index is 13.7. The first-order valence-electron chi connectivity index (χ1n) is 19.1. The molecule has 6 fully saturated rings. The molecule has 0 aromatic carbocycles. The molecule has 1 spiro atoms. The minimum absolute atomic E-state index is 0.0248. The Morgan fingerprint density at radius 3 is 2.36 bits per heavy atom. The molecule has 7 rings (SSSR count). The summed E-state index contributed by atoms with van der Waals surface area (Å²) in [7, 11) is 0. The Morgan fingerprint density at radius 1 is 0.911 bits per heavy atom. The predicted molar refractivity (Wildman–Crippen MR) is 177 cm³/mol. The van der Waals surface area contributed by atoms with Gasteiger partial charge in [0.25, 0.3) is 0 Å². The van der Waals surface area contributed by atoms with Gasteiger partial charge in [-0.1, -0.05) is 64.5 Å². The average Bonchev–Trinajstić information content (AvgIpc) is 3.54. The van der Waals surface area contributed by atoms with Crippen molar-refractivity contribution in [2.24, 2.45) is 51.8 Å². The lowest BCUT2D eigenvalue weighted by molar-refractivity contribution is -0.171. The molecule has 0 aromatic rings. The zero-order valence-electron chi connectivity index (χ0n) is 28.7. The molecule has 0 aliphatic heterocycles. The Bertz CT molecular complexity index is 1230. The second-order valence-corrected chi connectivity index (χ2v) is 18.1. The number of allylic oxidation sites excluding steroid dienone is 2. The Hall–Kier alpha value is -1.01. The Morgan fingerprint density at radius 2 is 1.62 bits per heavy atom. The summed E-state index contributed by atoms with van der Waals surface area (Å²) in [5, 5.41) is 46.6. The quantitative estimate of drug-likeness (QED) is 0.244. The molecular weight excluding hydrogens is 560 g/mol. The summed E-state index contributed by atoms with van der Waals surface area (Å²) in [6.45, 7) is 9.14. The molecule has 7 aliphatic carbocycles. The molecule has 0 heterocycles. The van der Waals surface area contributed by atoms with Crippen LogP contribution < -0.4 is 0 Å². The smallest absolute Gasteiger partial charge is 0.159 e. The van der Waals surface area contributed by atoms with E-state index in [1.54, 1.807) is 11.6 Å². The van der Waals surface area contributed by atoms with Gasteiger partial charge in [-0.15, -0.1) is 0 Å². The van der Waals surface area contributed by atoms with E-state index in [1.165, 1.54) is 56.9 Å². The molecular formula is C40H62O5. The molecule has 0 bridgehead atoms. The Kier molecular flexibility index (Phi) is 8.35. The zero-order valence-corrected chi connectivity index (χ0v) is 28.7. The average molecular weight is 623 g/mol. The van der Waals surface area contributed by atoms with Gasteiger partial charge in [0.05, 0.1) is 23.9 Å². The zero-order chi connectivity index (χ0) is 31.9. The van der Waals surface area contributed by atoms with Gasteiger partial charge in [-0.3, -0.25) is 4.79 Å². The maximum atomic E-state index is 13.7. The maximum Gasteiger partial charge on any atom is 0.159 e. The molecule has 0 radical (unpaired) electrons. The van der Waals surface area contributed by atoms with Crippen LogP contribution in [0.25, 0.3) is 0 Å². The van der Waals surface area contributed by atoms with Crippen molar-refractivity contribution in [1.82, 2.24) is 0 Å². The van der Waals surface area contributed by atoms with Crippen molar-refractivity contribution >= 4 is 5.78 Å². The van der Waals surface area contributed by atoms with E-state index in [1.807, 2.05) is 0 Å². The van der Waals surface area contributed by atoms with Crippen molar-refractivity contribution in [2.75, 3.05) is 0 Å². The van der Waals surface area contributed by atoms with Crippen molar-refractivity contribution in [3.05, 3.63) is 22.8 Å². The second-order valence-electron chi connectivity index (χ2n) is 18.1. The fourth-order valence-electron chi connectivity index (χ4n) is 13.4. The minimum Gasteiger partial charge on any atom is -0.392 e. The third-order valence-corrected chi connectivity index (χ3v) is 15.9. The number of aliphatic hydroxyl groups is 4. The summed E-state index contributed by atoms with van der Waals surface area (Å²) < 4.78 is 0. The van der Waals surface area contributed by atoms with Crippen molar-refractivity contribution in [3.8, 4) is 0 Å². The van der Waals surface area contributed by atoms with E-state index in [-0.39, 0.29) is 34.9 Å². The summed E-state index contributed by atoms with van der Waals surface area (Å²) in [6, 6.07) is 0. The predicted octanol–water partition coefficient (Wildman–Crippen LogP) is 7.45. The monoisotopic (exact) mass is 622 g/mol. The number of aliphatic hydroxyl groups excluding tert-OH is 3. The third-order valence-electron chi connectivity index (χ3n) is 15.9. The van der Waals surface area contributed by atoms with E-state index in [0.717, 1.165) is 50.5 Å². The Balaban J connectivity index is 1.21. The van der Waals surface area contributed by atoms with Crippen molar-refractivity contribution in [1.29, 1.82) is 0 Å². The molecule has 6 saturated carbocycles. The number of hydrogen-bond donors (Lipinski definition) is 4. The highest BCUT2D eigenvalue weighted by Gasteiger charge is 2.70. The van der Waals surface area contributed by atoms with Crippen LogP contribution in [0.2, 0.25) is 0 Å². The van der Waals surface area contributed by atoms with E-state index >= 15 is 0 Å². The van der Waals surface area contributed by atoms with Crippen LogP contribution in [0.3, 0.4) is 0 Å². The van der Waals surface area contributed by atoms with Crippen molar-refractivity contribution in [3.63, 3.8) is 0 Å². The van der Waals surface area contributed by atoms with Crippen LogP contribution in [-0.4, -0.2) is 50.1 Å². The first-order chi connectivity index (χ1) is 21.3. The van der Waals surface area contributed by atoms with Gasteiger partial charge in [-0.05, 0) is 142 Å². The van der Waals surface area contributed by atoms with Gasteiger partial charge in [0.2, 0.25) is 0 Å². The highest BCUT2D eigenvalue weighted by Crippen LogP contribution is 2.71. The summed E-state index contributed by atoms with van der Waals surface area (Å²) in [5.74, 6) is 0.881. The van der Waals surface area contributed by atoms with E-state index in [0.29, 0.717) is 36.5 Å². The van der Waals surface area contributed by atoms with Crippen LogP contribution in [-0.2, 0) is 4.79 Å². The van der Waals surface area contributed by atoms with Crippen LogP contribution in [0.1, 0.15) is 143 Å². The van der Waals surface area contributed by atoms with Crippen LogP contribution in [0, 0.1) is 51.8 Å². The van der Waals surface area contributed by atoms with Gasteiger partial charge in [0.15, 0.2) is 5.78 Å². The number of carbonyl (C=O) groups is 1. The number of carbonyl (C=O) groups excluding carboxylic acids is 1. The van der Waals surface area contributed by atoms with E-state index in [4.69, 9.17) is 0 Å². The second kappa shape index (κ2) is 11.6. The van der Waals surface area contributed by atoms with Gasteiger partial charge in [0.1, 0.15) is 0 Å². The molecule has 0 saturated heterocycles. The van der Waals surface area contributed by atoms with Gasteiger partial charge in [-0.25, -0.2) is 0 Å². The summed E-state index contributed by atoms with van der Waals surface area (Å²) in [6.07, 6.45) is 18.6. The first kappa shape index (κ1) is 32.5. The molecule has 5 nitrogen and oxygen atoms in total. The largest absolute Gasteiger partial charge is 0.392 e.